The third kappa shape index (κ3) is 2.83. The van der Waals surface area contributed by atoms with Gasteiger partial charge in [0.1, 0.15) is 11.5 Å². The highest BCUT2D eigenvalue weighted by atomic mass is 16.5. The van der Waals surface area contributed by atoms with Crippen LogP contribution in [0.25, 0.3) is 0 Å². The molecule has 122 valence electrons. The number of ether oxygens (including phenoxy) is 1. The third-order valence-electron chi connectivity index (χ3n) is 4.98. The normalized spacial score (nSPS) is 17.0. The molecule has 2 aromatic rings. The van der Waals surface area contributed by atoms with E-state index in [1.165, 1.54) is 22.4 Å². The Balaban J connectivity index is 2.10. The lowest BCUT2D eigenvalue weighted by Crippen LogP contribution is -2.12. The lowest BCUT2D eigenvalue weighted by Gasteiger charge is -2.30. The van der Waals surface area contributed by atoms with Crippen LogP contribution < -0.4 is 10.1 Å². The molecule has 1 aliphatic heterocycles. The number of anilines is 1. The summed E-state index contributed by atoms with van der Waals surface area (Å²) in [6, 6.07) is 13.1. The number of benzene rings is 2. The third-order valence-corrected chi connectivity index (χ3v) is 4.98. The van der Waals surface area contributed by atoms with Gasteiger partial charge >= 0.3 is 0 Å². The fourth-order valence-corrected chi connectivity index (χ4v) is 3.52. The van der Waals surface area contributed by atoms with Crippen LogP contribution in [-0.2, 0) is 0 Å². The summed E-state index contributed by atoms with van der Waals surface area (Å²) in [6.07, 6.45) is 2.21. The van der Waals surface area contributed by atoms with Crippen molar-refractivity contribution in [1.82, 2.24) is 0 Å². The Morgan fingerprint density at radius 1 is 1.09 bits per heavy atom. The molecule has 23 heavy (non-hydrogen) atoms. The van der Waals surface area contributed by atoms with E-state index < -0.39 is 0 Å². The van der Waals surface area contributed by atoms with E-state index in [9.17, 15) is 0 Å². The summed E-state index contributed by atoms with van der Waals surface area (Å²) < 4.78 is 6.37. The molecule has 2 heteroatoms. The summed E-state index contributed by atoms with van der Waals surface area (Å²) in [5.41, 5.74) is 5.16. The molecule has 1 aliphatic rings. The van der Waals surface area contributed by atoms with Crippen LogP contribution >= 0.6 is 0 Å². The zero-order valence-electron chi connectivity index (χ0n) is 14.6. The zero-order chi connectivity index (χ0) is 16.4. The first-order chi connectivity index (χ1) is 11.2. The first-order valence-electron chi connectivity index (χ1n) is 8.88. The summed E-state index contributed by atoms with van der Waals surface area (Å²) in [7, 11) is 0. The molecule has 0 bridgehead atoms. The largest absolute Gasteiger partial charge is 0.456 e. The summed E-state index contributed by atoms with van der Waals surface area (Å²) in [5.74, 6) is 3.04. The van der Waals surface area contributed by atoms with E-state index in [4.69, 9.17) is 4.74 Å². The standard InChI is InChI=1S/C21H27NO/c1-5-14(4)17-9-8-10-18-16(6-2)19-13-15(22-7-3)11-12-20(19)23-21(17)18/h8-14,16,22H,5-7H2,1-4H3. The maximum atomic E-state index is 6.37. The van der Waals surface area contributed by atoms with Crippen LogP contribution in [0.2, 0.25) is 0 Å². The first kappa shape index (κ1) is 15.9. The molecule has 2 unspecified atom stereocenters. The number of rotatable bonds is 5. The Labute approximate surface area is 139 Å². The summed E-state index contributed by atoms with van der Waals surface area (Å²) in [6.45, 7) is 9.84. The second kappa shape index (κ2) is 6.66. The molecule has 0 saturated carbocycles. The topological polar surface area (TPSA) is 21.3 Å². The quantitative estimate of drug-likeness (QED) is 0.701. The molecule has 1 N–H and O–H groups in total. The van der Waals surface area contributed by atoms with E-state index in [-0.39, 0.29) is 0 Å². The average Bonchev–Trinajstić information content (AvgIpc) is 2.58. The highest BCUT2D eigenvalue weighted by Gasteiger charge is 2.28. The molecule has 2 atom stereocenters. The Morgan fingerprint density at radius 3 is 2.61 bits per heavy atom. The van der Waals surface area contributed by atoms with Crippen molar-refractivity contribution in [3.63, 3.8) is 0 Å². The van der Waals surface area contributed by atoms with Gasteiger partial charge in [-0.1, -0.05) is 39.0 Å². The number of nitrogens with one attached hydrogen (secondary N) is 1. The van der Waals surface area contributed by atoms with Gasteiger partial charge in [0.2, 0.25) is 0 Å². The van der Waals surface area contributed by atoms with Gasteiger partial charge in [-0.05, 0) is 49.4 Å². The maximum absolute atomic E-state index is 6.37. The minimum Gasteiger partial charge on any atom is -0.456 e. The van der Waals surface area contributed by atoms with E-state index in [1.54, 1.807) is 0 Å². The molecular formula is C21H27NO. The van der Waals surface area contributed by atoms with Crippen LogP contribution in [-0.4, -0.2) is 6.54 Å². The fraction of sp³-hybridized carbons (Fsp3) is 0.429. The Morgan fingerprint density at radius 2 is 1.91 bits per heavy atom. The number of hydrogen-bond acceptors (Lipinski definition) is 2. The van der Waals surface area contributed by atoms with Crippen molar-refractivity contribution in [2.24, 2.45) is 0 Å². The van der Waals surface area contributed by atoms with Gasteiger partial charge in [0.15, 0.2) is 0 Å². The second-order valence-electron chi connectivity index (χ2n) is 6.42. The van der Waals surface area contributed by atoms with E-state index in [0.29, 0.717) is 11.8 Å². The second-order valence-corrected chi connectivity index (χ2v) is 6.42. The Hall–Kier alpha value is -1.96. The van der Waals surface area contributed by atoms with Gasteiger partial charge in [-0.25, -0.2) is 0 Å². The van der Waals surface area contributed by atoms with Crippen LogP contribution in [0.15, 0.2) is 36.4 Å². The minimum atomic E-state index is 0.413. The van der Waals surface area contributed by atoms with Crippen molar-refractivity contribution in [3.05, 3.63) is 53.1 Å². The molecule has 0 amide bonds. The molecule has 2 nitrogen and oxygen atoms in total. The molecule has 0 spiro atoms. The van der Waals surface area contributed by atoms with Crippen LogP contribution in [0.4, 0.5) is 5.69 Å². The lowest BCUT2D eigenvalue weighted by molar-refractivity contribution is 0.433. The van der Waals surface area contributed by atoms with E-state index in [1.807, 2.05) is 0 Å². The van der Waals surface area contributed by atoms with Crippen LogP contribution in [0, 0.1) is 0 Å². The predicted molar refractivity (Wildman–Crippen MR) is 98.0 cm³/mol. The van der Waals surface area contributed by atoms with E-state index in [2.05, 4.69) is 69.4 Å². The molecule has 3 rings (SSSR count). The van der Waals surface area contributed by atoms with E-state index >= 15 is 0 Å². The van der Waals surface area contributed by atoms with Gasteiger partial charge in [-0.15, -0.1) is 0 Å². The van der Waals surface area contributed by atoms with Crippen molar-refractivity contribution in [2.45, 2.75) is 52.4 Å². The zero-order valence-corrected chi connectivity index (χ0v) is 14.6. The molecule has 0 radical (unpaired) electrons. The SMILES string of the molecule is CCNc1ccc2c(c1)C(CC)c1cccc(C(C)CC)c1O2. The van der Waals surface area contributed by atoms with Crippen molar-refractivity contribution >= 4 is 5.69 Å². The molecule has 0 fully saturated rings. The minimum absolute atomic E-state index is 0.413. The smallest absolute Gasteiger partial charge is 0.134 e. The monoisotopic (exact) mass is 309 g/mol. The molecule has 0 aliphatic carbocycles. The molecule has 0 aromatic heterocycles. The molecule has 1 heterocycles. The van der Waals surface area contributed by atoms with Crippen LogP contribution in [0.5, 0.6) is 11.5 Å². The van der Waals surface area contributed by atoms with E-state index in [0.717, 1.165) is 30.9 Å². The molecule has 0 saturated heterocycles. The van der Waals surface area contributed by atoms with Crippen molar-refractivity contribution in [3.8, 4) is 11.5 Å². The van der Waals surface area contributed by atoms with Gasteiger partial charge in [0, 0.05) is 29.3 Å². The van der Waals surface area contributed by atoms with Crippen LogP contribution in [0.3, 0.4) is 0 Å². The average molecular weight is 309 g/mol. The lowest BCUT2D eigenvalue weighted by atomic mass is 9.83. The van der Waals surface area contributed by atoms with Crippen molar-refractivity contribution in [1.29, 1.82) is 0 Å². The number of para-hydroxylation sites is 1. The summed E-state index contributed by atoms with van der Waals surface area (Å²) in [5, 5.41) is 3.41. The highest BCUT2D eigenvalue weighted by Crippen LogP contribution is 2.49. The fourth-order valence-electron chi connectivity index (χ4n) is 3.52. The van der Waals surface area contributed by atoms with Crippen LogP contribution in [0.1, 0.15) is 69.1 Å². The predicted octanol–water partition coefficient (Wildman–Crippen LogP) is 6.28. The van der Waals surface area contributed by atoms with Gasteiger partial charge in [-0.2, -0.15) is 0 Å². The molecular weight excluding hydrogens is 282 g/mol. The number of hydrogen-bond donors (Lipinski definition) is 1. The van der Waals surface area contributed by atoms with Crippen molar-refractivity contribution in [2.75, 3.05) is 11.9 Å². The van der Waals surface area contributed by atoms with Gasteiger partial charge in [0.05, 0.1) is 0 Å². The summed E-state index contributed by atoms with van der Waals surface area (Å²) >= 11 is 0. The van der Waals surface area contributed by atoms with Gasteiger partial charge in [0.25, 0.3) is 0 Å². The summed E-state index contributed by atoms with van der Waals surface area (Å²) in [4.78, 5) is 0. The number of fused-ring (bicyclic) bond motifs is 2. The first-order valence-corrected chi connectivity index (χ1v) is 8.88. The highest BCUT2D eigenvalue weighted by molar-refractivity contribution is 5.61. The van der Waals surface area contributed by atoms with Gasteiger partial charge < -0.3 is 10.1 Å². The Bertz CT molecular complexity index is 692. The maximum Gasteiger partial charge on any atom is 0.134 e. The van der Waals surface area contributed by atoms with Gasteiger partial charge in [-0.3, -0.25) is 0 Å². The molecule has 2 aromatic carbocycles. The Kier molecular flexibility index (Phi) is 4.61. The van der Waals surface area contributed by atoms with Crippen molar-refractivity contribution < 1.29 is 4.74 Å².